The number of hydrogen-bond acceptors (Lipinski definition) is 5. The average molecular weight is 453 g/mol. The van der Waals surface area contributed by atoms with Gasteiger partial charge < -0.3 is 10.1 Å². The number of hydrogen-bond donors (Lipinski definition) is 2. The van der Waals surface area contributed by atoms with Crippen LogP contribution in [0.2, 0.25) is 0 Å². The van der Waals surface area contributed by atoms with Crippen LogP contribution in [0.25, 0.3) is 0 Å². The molecule has 0 bridgehead atoms. The first-order valence-electron chi connectivity index (χ1n) is 9.64. The van der Waals surface area contributed by atoms with Crippen molar-refractivity contribution >= 4 is 21.6 Å². The van der Waals surface area contributed by atoms with E-state index in [9.17, 15) is 22.9 Å². The van der Waals surface area contributed by atoms with Gasteiger partial charge in [-0.15, -0.1) is 0 Å². The van der Waals surface area contributed by atoms with Gasteiger partial charge in [-0.3, -0.25) is 9.52 Å². The number of amides is 1. The molecule has 0 fully saturated rings. The Bertz CT molecular complexity index is 1240. The first-order chi connectivity index (χ1) is 15.3. The van der Waals surface area contributed by atoms with Gasteiger partial charge in [0.15, 0.2) is 0 Å². The van der Waals surface area contributed by atoms with Crippen LogP contribution in [0.1, 0.15) is 28.9 Å². The second-order valence-electron chi connectivity index (χ2n) is 6.64. The molecule has 1 unspecified atom stereocenters. The van der Waals surface area contributed by atoms with Crippen LogP contribution in [-0.2, 0) is 10.0 Å². The van der Waals surface area contributed by atoms with Crippen LogP contribution in [0.5, 0.6) is 5.75 Å². The molecular formula is C23H20FN3O4S. The molecule has 2 N–H and O–H groups in total. The maximum absolute atomic E-state index is 13.9. The molecule has 9 heteroatoms. The number of ether oxygens (including phenoxy) is 1. The Morgan fingerprint density at radius 2 is 1.72 bits per heavy atom. The molecule has 3 aromatic rings. The summed E-state index contributed by atoms with van der Waals surface area (Å²) in [5, 5.41) is 11.7. The highest BCUT2D eigenvalue weighted by Crippen LogP contribution is 2.21. The number of anilines is 1. The van der Waals surface area contributed by atoms with E-state index in [-0.39, 0.29) is 16.0 Å². The van der Waals surface area contributed by atoms with Gasteiger partial charge in [0.2, 0.25) is 0 Å². The van der Waals surface area contributed by atoms with Gasteiger partial charge in [0.1, 0.15) is 17.6 Å². The standard InChI is InChI=1S/C23H20FN3O4S/c1-2-31-18-11-9-17(10-12-18)27-32(29,30)19-13-7-16(8-14-19)23(28)26-22(15-25)20-5-3-4-6-21(20)24/h3-14,22,27H,2H2,1H3,(H,26,28). The Kier molecular flexibility index (Phi) is 7.07. The van der Waals surface area contributed by atoms with Crippen molar-refractivity contribution in [1.29, 1.82) is 5.26 Å². The van der Waals surface area contributed by atoms with Gasteiger partial charge in [-0.1, -0.05) is 18.2 Å². The van der Waals surface area contributed by atoms with E-state index < -0.39 is 27.8 Å². The van der Waals surface area contributed by atoms with E-state index in [0.29, 0.717) is 18.0 Å². The van der Waals surface area contributed by atoms with Crippen molar-refractivity contribution in [2.45, 2.75) is 17.9 Å². The number of nitrogens with zero attached hydrogens (tertiary/aromatic N) is 1. The second-order valence-corrected chi connectivity index (χ2v) is 8.33. The topological polar surface area (TPSA) is 108 Å². The molecule has 1 atom stereocenters. The zero-order valence-corrected chi connectivity index (χ0v) is 17.9. The Morgan fingerprint density at radius 1 is 1.06 bits per heavy atom. The predicted molar refractivity (Wildman–Crippen MR) is 117 cm³/mol. The number of sulfonamides is 1. The van der Waals surface area contributed by atoms with Gasteiger partial charge >= 0.3 is 0 Å². The van der Waals surface area contributed by atoms with Crippen molar-refractivity contribution in [3.63, 3.8) is 0 Å². The summed E-state index contributed by atoms with van der Waals surface area (Å²) in [5.41, 5.74) is 0.528. The number of nitrogens with one attached hydrogen (secondary N) is 2. The van der Waals surface area contributed by atoms with Crippen LogP contribution in [0.15, 0.2) is 77.7 Å². The molecule has 32 heavy (non-hydrogen) atoms. The number of carbonyl (C=O) groups is 1. The first-order valence-corrected chi connectivity index (χ1v) is 11.1. The SMILES string of the molecule is CCOc1ccc(NS(=O)(=O)c2ccc(C(=O)NC(C#N)c3ccccc3F)cc2)cc1. The number of nitriles is 1. The van der Waals surface area contributed by atoms with E-state index in [0.717, 1.165) is 0 Å². The fourth-order valence-corrected chi connectivity index (χ4v) is 3.95. The molecule has 7 nitrogen and oxygen atoms in total. The van der Waals surface area contributed by atoms with Gasteiger partial charge in [-0.05, 0) is 61.5 Å². The van der Waals surface area contributed by atoms with Crippen LogP contribution >= 0.6 is 0 Å². The van der Waals surface area contributed by atoms with E-state index in [4.69, 9.17) is 4.74 Å². The molecular weight excluding hydrogens is 433 g/mol. The Labute approximate surface area is 185 Å². The zero-order valence-electron chi connectivity index (χ0n) is 17.1. The van der Waals surface area contributed by atoms with Crippen molar-refractivity contribution in [1.82, 2.24) is 5.32 Å². The highest BCUT2D eigenvalue weighted by molar-refractivity contribution is 7.92. The third kappa shape index (κ3) is 5.42. The summed E-state index contributed by atoms with van der Waals surface area (Å²) < 4.78 is 46.9. The Hall–Kier alpha value is -3.90. The van der Waals surface area contributed by atoms with E-state index in [1.165, 1.54) is 42.5 Å². The number of benzene rings is 3. The minimum Gasteiger partial charge on any atom is -0.494 e. The molecule has 0 aliphatic carbocycles. The van der Waals surface area contributed by atoms with Crippen molar-refractivity contribution < 1.29 is 22.3 Å². The van der Waals surface area contributed by atoms with Crippen LogP contribution in [0.3, 0.4) is 0 Å². The van der Waals surface area contributed by atoms with Gasteiger partial charge in [-0.25, -0.2) is 12.8 Å². The molecule has 3 rings (SSSR count). The molecule has 0 saturated heterocycles. The minimum absolute atomic E-state index is 0.0436. The van der Waals surface area contributed by atoms with E-state index in [1.54, 1.807) is 30.3 Å². The third-order valence-corrected chi connectivity index (χ3v) is 5.86. The maximum Gasteiger partial charge on any atom is 0.261 e. The lowest BCUT2D eigenvalue weighted by Crippen LogP contribution is -2.28. The molecule has 3 aromatic carbocycles. The number of carbonyl (C=O) groups excluding carboxylic acids is 1. The normalized spacial score (nSPS) is 11.8. The fourth-order valence-electron chi connectivity index (χ4n) is 2.89. The van der Waals surface area contributed by atoms with E-state index >= 15 is 0 Å². The van der Waals surface area contributed by atoms with Gasteiger partial charge in [0.25, 0.3) is 15.9 Å². The lowest BCUT2D eigenvalue weighted by Gasteiger charge is -2.13. The summed E-state index contributed by atoms with van der Waals surface area (Å²) in [7, 11) is -3.88. The van der Waals surface area contributed by atoms with E-state index in [1.807, 2.05) is 13.0 Å². The third-order valence-electron chi connectivity index (χ3n) is 4.47. The van der Waals surface area contributed by atoms with Crippen molar-refractivity contribution in [3.05, 3.63) is 89.7 Å². The molecule has 0 aromatic heterocycles. The lowest BCUT2D eigenvalue weighted by molar-refractivity contribution is 0.0944. The summed E-state index contributed by atoms with van der Waals surface area (Å²) in [4.78, 5) is 12.4. The van der Waals surface area contributed by atoms with Gasteiger partial charge in [-0.2, -0.15) is 5.26 Å². The molecule has 0 saturated carbocycles. The molecule has 0 aliphatic heterocycles. The summed E-state index contributed by atoms with van der Waals surface area (Å²) >= 11 is 0. The van der Waals surface area contributed by atoms with Gasteiger partial charge in [0.05, 0.1) is 17.6 Å². The Morgan fingerprint density at radius 3 is 2.31 bits per heavy atom. The molecule has 164 valence electrons. The largest absolute Gasteiger partial charge is 0.494 e. The maximum atomic E-state index is 13.9. The summed E-state index contributed by atoms with van der Waals surface area (Å²) in [6.07, 6.45) is 0. The number of halogens is 1. The zero-order chi connectivity index (χ0) is 23.1. The van der Waals surface area contributed by atoms with Gasteiger partial charge in [0, 0.05) is 16.8 Å². The quantitative estimate of drug-likeness (QED) is 0.536. The average Bonchev–Trinajstić information content (AvgIpc) is 2.79. The van der Waals surface area contributed by atoms with Crippen LogP contribution in [0.4, 0.5) is 10.1 Å². The molecule has 0 aliphatic rings. The fraction of sp³-hybridized carbons (Fsp3) is 0.130. The lowest BCUT2D eigenvalue weighted by atomic mass is 10.1. The first kappa shape index (κ1) is 22.8. The van der Waals surface area contributed by atoms with Crippen molar-refractivity contribution in [2.24, 2.45) is 0 Å². The summed E-state index contributed by atoms with van der Waals surface area (Å²) in [6.45, 7) is 2.35. The number of rotatable bonds is 8. The van der Waals surface area contributed by atoms with Crippen LogP contribution < -0.4 is 14.8 Å². The molecule has 1 amide bonds. The van der Waals surface area contributed by atoms with E-state index in [2.05, 4.69) is 10.0 Å². The summed E-state index contributed by atoms with van der Waals surface area (Å²) in [6, 6.07) is 17.9. The van der Waals surface area contributed by atoms with Crippen LogP contribution in [-0.4, -0.2) is 20.9 Å². The monoisotopic (exact) mass is 453 g/mol. The Balaban J connectivity index is 1.71. The molecule has 0 heterocycles. The van der Waals surface area contributed by atoms with Crippen LogP contribution in [0, 0.1) is 17.1 Å². The highest BCUT2D eigenvalue weighted by atomic mass is 32.2. The molecule has 0 radical (unpaired) electrons. The van der Waals surface area contributed by atoms with Crippen molar-refractivity contribution in [3.8, 4) is 11.8 Å². The minimum atomic E-state index is -3.88. The smallest absolute Gasteiger partial charge is 0.261 e. The highest BCUT2D eigenvalue weighted by Gasteiger charge is 2.19. The second kappa shape index (κ2) is 9.94. The predicted octanol–water partition coefficient (Wildman–Crippen LogP) is 4.02. The summed E-state index contributed by atoms with van der Waals surface area (Å²) in [5.74, 6) is -0.624. The van der Waals surface area contributed by atoms with Crippen molar-refractivity contribution in [2.75, 3.05) is 11.3 Å². The molecule has 0 spiro atoms.